The van der Waals surface area contributed by atoms with Gasteiger partial charge in [-0.2, -0.15) is 0 Å². The SMILES string of the molecule is COc1ccc2nccc([C@@H](F)CC[C@@H]3CCN(CCSc4cccc(F)c4)C[C@@H]3C(=O)O)c2c1.Cl.Cl. The van der Waals surface area contributed by atoms with Crippen molar-refractivity contribution < 1.29 is 23.4 Å². The number of thioether (sulfide) groups is 1. The molecular formula is C27H32Cl2F2N2O3S. The Balaban J connectivity index is 0.00000241. The van der Waals surface area contributed by atoms with Gasteiger partial charge in [-0.15, -0.1) is 36.6 Å². The van der Waals surface area contributed by atoms with Crippen molar-refractivity contribution in [3.63, 3.8) is 0 Å². The molecule has 1 saturated heterocycles. The summed E-state index contributed by atoms with van der Waals surface area (Å²) in [6.45, 7) is 1.97. The van der Waals surface area contributed by atoms with Crippen LogP contribution < -0.4 is 4.74 Å². The molecule has 1 aliphatic rings. The first-order valence-electron chi connectivity index (χ1n) is 11.8. The van der Waals surface area contributed by atoms with Crippen molar-refractivity contribution in [3.05, 3.63) is 66.1 Å². The molecule has 3 atom stereocenters. The van der Waals surface area contributed by atoms with E-state index in [4.69, 9.17) is 4.74 Å². The van der Waals surface area contributed by atoms with Crippen LogP contribution in [0.2, 0.25) is 0 Å². The van der Waals surface area contributed by atoms with Crippen molar-refractivity contribution in [3.8, 4) is 5.75 Å². The van der Waals surface area contributed by atoms with Crippen LogP contribution in [0.5, 0.6) is 5.75 Å². The molecule has 4 rings (SSSR count). The van der Waals surface area contributed by atoms with Crippen molar-refractivity contribution in [1.29, 1.82) is 0 Å². The van der Waals surface area contributed by atoms with E-state index in [0.29, 0.717) is 29.8 Å². The predicted octanol–water partition coefficient (Wildman–Crippen LogP) is 6.83. The maximum atomic E-state index is 15.4. The number of piperidine rings is 1. The fraction of sp³-hybridized carbons (Fsp3) is 0.407. The van der Waals surface area contributed by atoms with Gasteiger partial charge >= 0.3 is 5.97 Å². The molecule has 1 aliphatic heterocycles. The number of carboxylic acid groups (broad SMARTS) is 1. The Bertz CT molecular complexity index is 1170. The van der Waals surface area contributed by atoms with Crippen molar-refractivity contribution in [1.82, 2.24) is 9.88 Å². The summed E-state index contributed by atoms with van der Waals surface area (Å²) in [6, 6.07) is 13.6. The second-order valence-corrected chi connectivity index (χ2v) is 10.1. The lowest BCUT2D eigenvalue weighted by Crippen LogP contribution is -2.44. The summed E-state index contributed by atoms with van der Waals surface area (Å²) in [5.74, 6) is -0.275. The summed E-state index contributed by atoms with van der Waals surface area (Å²) in [4.78, 5) is 19.3. The van der Waals surface area contributed by atoms with Crippen LogP contribution in [0.15, 0.2) is 59.6 Å². The molecule has 0 spiro atoms. The van der Waals surface area contributed by atoms with Crippen molar-refractivity contribution in [2.24, 2.45) is 11.8 Å². The molecule has 0 bridgehead atoms. The first-order valence-corrected chi connectivity index (χ1v) is 12.8. The van der Waals surface area contributed by atoms with Crippen LogP contribution >= 0.6 is 36.6 Å². The molecular weight excluding hydrogens is 541 g/mol. The number of benzene rings is 2. The van der Waals surface area contributed by atoms with Crippen LogP contribution in [0.25, 0.3) is 10.9 Å². The molecule has 3 aromatic rings. The maximum Gasteiger partial charge on any atom is 0.308 e. The van der Waals surface area contributed by atoms with Crippen LogP contribution in [0.3, 0.4) is 0 Å². The molecule has 202 valence electrons. The number of aliphatic carboxylic acids is 1. The number of rotatable bonds is 10. The fourth-order valence-corrected chi connectivity index (χ4v) is 5.76. The van der Waals surface area contributed by atoms with Crippen molar-refractivity contribution in [2.75, 3.05) is 32.5 Å². The Morgan fingerprint density at radius 1 is 1.24 bits per heavy atom. The highest BCUT2D eigenvalue weighted by Gasteiger charge is 2.34. The van der Waals surface area contributed by atoms with E-state index in [1.807, 2.05) is 12.1 Å². The van der Waals surface area contributed by atoms with Crippen molar-refractivity contribution in [2.45, 2.75) is 30.3 Å². The molecule has 37 heavy (non-hydrogen) atoms. The number of likely N-dealkylation sites (tertiary alicyclic amines) is 1. The smallest absolute Gasteiger partial charge is 0.308 e. The first kappa shape index (κ1) is 31.1. The molecule has 0 aliphatic carbocycles. The molecule has 1 fully saturated rings. The molecule has 0 unspecified atom stereocenters. The molecule has 0 saturated carbocycles. The Labute approximate surface area is 232 Å². The summed E-state index contributed by atoms with van der Waals surface area (Å²) in [6.07, 6.45) is 1.90. The normalized spacial score (nSPS) is 18.5. The molecule has 1 aromatic heterocycles. The Kier molecular flexibility index (Phi) is 12.4. The summed E-state index contributed by atoms with van der Waals surface area (Å²) in [7, 11) is 1.57. The number of nitrogens with zero attached hydrogens (tertiary/aromatic N) is 2. The lowest BCUT2D eigenvalue weighted by Gasteiger charge is -2.36. The third-order valence-electron chi connectivity index (χ3n) is 6.74. The van der Waals surface area contributed by atoms with Crippen molar-refractivity contribution >= 4 is 53.4 Å². The molecule has 5 nitrogen and oxygen atoms in total. The number of hydrogen-bond acceptors (Lipinski definition) is 5. The third kappa shape index (κ3) is 8.18. The van der Waals surface area contributed by atoms with Crippen LogP contribution in [-0.4, -0.2) is 53.5 Å². The number of hydrogen-bond donors (Lipinski definition) is 1. The van der Waals surface area contributed by atoms with E-state index < -0.39 is 18.1 Å². The number of halogens is 4. The van der Waals surface area contributed by atoms with E-state index in [2.05, 4.69) is 9.88 Å². The number of aromatic nitrogens is 1. The van der Waals surface area contributed by atoms with E-state index >= 15 is 4.39 Å². The Morgan fingerprint density at radius 3 is 2.78 bits per heavy atom. The van der Waals surface area contributed by atoms with Gasteiger partial charge in [-0.3, -0.25) is 9.78 Å². The molecule has 0 radical (unpaired) electrons. The van der Waals surface area contributed by atoms with Crippen LogP contribution in [0, 0.1) is 17.7 Å². The molecule has 1 N–H and O–H groups in total. The zero-order valence-corrected chi connectivity index (χ0v) is 23.0. The lowest BCUT2D eigenvalue weighted by molar-refractivity contribution is -0.146. The quantitative estimate of drug-likeness (QED) is 0.268. The fourth-order valence-electron chi connectivity index (χ4n) is 4.81. The van der Waals surface area contributed by atoms with Crippen LogP contribution in [0.1, 0.15) is 31.0 Å². The monoisotopic (exact) mass is 572 g/mol. The van der Waals surface area contributed by atoms with Gasteiger partial charge in [0.15, 0.2) is 0 Å². The van der Waals surface area contributed by atoms with Gasteiger partial charge in [0.2, 0.25) is 0 Å². The Morgan fingerprint density at radius 2 is 2.05 bits per heavy atom. The second kappa shape index (κ2) is 14.7. The number of alkyl halides is 1. The minimum Gasteiger partial charge on any atom is -0.497 e. The standard InChI is InChI=1S/C27H30F2N2O3S.2ClH/c1-34-20-6-8-26-23(16-20)22(9-11-30-26)25(29)7-5-18-10-12-31(17-24(18)27(32)33)13-14-35-21-4-2-3-19(28)15-21;;/h2-4,6,8-9,11,15-16,18,24-25H,5,7,10,12-14,17H2,1H3,(H,32,33);2*1H/t18-,24+,25+;;/m1../s1. The second-order valence-electron chi connectivity index (χ2n) is 8.93. The number of carboxylic acids is 1. The number of pyridine rings is 1. The molecule has 0 amide bonds. The first-order chi connectivity index (χ1) is 16.9. The predicted molar refractivity (Wildman–Crippen MR) is 149 cm³/mol. The average Bonchev–Trinajstić information content (AvgIpc) is 2.87. The van der Waals surface area contributed by atoms with Gasteiger partial charge in [0.05, 0.1) is 18.5 Å². The summed E-state index contributed by atoms with van der Waals surface area (Å²) in [5, 5.41) is 10.6. The maximum absolute atomic E-state index is 15.4. The summed E-state index contributed by atoms with van der Waals surface area (Å²) < 4.78 is 34.0. The number of carbonyl (C=O) groups is 1. The largest absolute Gasteiger partial charge is 0.497 e. The van der Waals surface area contributed by atoms with E-state index in [1.165, 1.54) is 12.1 Å². The molecule has 2 aromatic carbocycles. The minimum absolute atomic E-state index is 0. The van der Waals surface area contributed by atoms with Gasteiger partial charge in [-0.1, -0.05) is 6.07 Å². The molecule has 2 heterocycles. The van der Waals surface area contributed by atoms with Gasteiger partial charge < -0.3 is 14.7 Å². The van der Waals surface area contributed by atoms with E-state index in [-0.39, 0.29) is 43.0 Å². The highest BCUT2D eigenvalue weighted by molar-refractivity contribution is 7.99. The van der Waals surface area contributed by atoms with E-state index in [0.717, 1.165) is 35.5 Å². The molecule has 10 heteroatoms. The number of methoxy groups -OCH3 is 1. The van der Waals surface area contributed by atoms with Gasteiger partial charge in [-0.05, 0) is 79.8 Å². The van der Waals surface area contributed by atoms with Gasteiger partial charge in [0, 0.05) is 35.3 Å². The van der Waals surface area contributed by atoms with E-state index in [9.17, 15) is 14.3 Å². The average molecular weight is 574 g/mol. The highest BCUT2D eigenvalue weighted by Crippen LogP contribution is 2.35. The summed E-state index contributed by atoms with van der Waals surface area (Å²) >= 11 is 1.56. The number of ether oxygens (including phenoxy) is 1. The topological polar surface area (TPSA) is 62.7 Å². The van der Waals surface area contributed by atoms with Gasteiger partial charge in [-0.25, -0.2) is 8.78 Å². The van der Waals surface area contributed by atoms with E-state index in [1.54, 1.807) is 49.3 Å². The van der Waals surface area contributed by atoms with Gasteiger partial charge in [0.1, 0.15) is 17.7 Å². The van der Waals surface area contributed by atoms with Gasteiger partial charge in [0.25, 0.3) is 0 Å². The zero-order valence-electron chi connectivity index (χ0n) is 20.5. The van der Waals surface area contributed by atoms with Crippen LogP contribution in [-0.2, 0) is 4.79 Å². The highest BCUT2D eigenvalue weighted by atomic mass is 35.5. The van der Waals surface area contributed by atoms with Crippen LogP contribution in [0.4, 0.5) is 8.78 Å². The lowest BCUT2D eigenvalue weighted by atomic mass is 9.81. The minimum atomic E-state index is -1.21. The Hall–Kier alpha value is -2.13. The zero-order chi connectivity index (χ0) is 24.8. The number of fused-ring (bicyclic) bond motifs is 1. The third-order valence-corrected chi connectivity index (χ3v) is 7.71. The summed E-state index contributed by atoms with van der Waals surface area (Å²) in [5.41, 5.74) is 1.27.